The van der Waals surface area contributed by atoms with Crippen LogP contribution < -0.4 is 21.5 Å². The molecule has 1 rings (SSSR count). The number of urea groups is 2. The normalized spacial score (nSPS) is 13.2. The van der Waals surface area contributed by atoms with Crippen molar-refractivity contribution >= 4 is 23.9 Å². The minimum absolute atomic E-state index is 0.218. The molecule has 0 aliphatic carbocycles. The first-order chi connectivity index (χ1) is 10.5. The van der Waals surface area contributed by atoms with E-state index in [1.807, 2.05) is 0 Å². The molecule has 0 spiro atoms. The smallest absolute Gasteiger partial charge is 0.333 e. The highest BCUT2D eigenvalue weighted by atomic mass is 16.5. The molecule has 0 saturated carbocycles. The molecule has 5 amide bonds. The minimum Gasteiger partial charge on any atom is -0.465 e. The number of likely N-dealkylation sites (tertiary alicyclic amines) is 1. The molecule has 1 saturated heterocycles. The third-order valence-corrected chi connectivity index (χ3v) is 2.81. The van der Waals surface area contributed by atoms with Gasteiger partial charge in [0.1, 0.15) is 13.1 Å². The number of carbonyl (C=O) groups is 4. The van der Waals surface area contributed by atoms with Gasteiger partial charge in [-0.2, -0.15) is 0 Å². The van der Waals surface area contributed by atoms with Crippen molar-refractivity contribution in [1.82, 2.24) is 26.4 Å². The zero-order chi connectivity index (χ0) is 16.4. The number of hydrogen-bond acceptors (Lipinski definition) is 5. The van der Waals surface area contributed by atoms with Crippen molar-refractivity contribution in [2.24, 2.45) is 0 Å². The topological polar surface area (TPSA) is 129 Å². The lowest BCUT2D eigenvalue weighted by atomic mass is 10.4. The molecule has 0 unspecified atom stereocenters. The van der Waals surface area contributed by atoms with Crippen LogP contribution in [0.3, 0.4) is 0 Å². The standard InChI is InChI=1S/C12H21N5O5/c1-2-22-10(19)8-13-11(20)16-15-9(18)7-14-12(21)17-5-3-4-6-17/h2-8H2,1H3,(H,14,21)(H,15,18)(H2,13,16,20). The van der Waals surface area contributed by atoms with Crippen LogP contribution in [-0.2, 0) is 14.3 Å². The van der Waals surface area contributed by atoms with Crippen LogP contribution in [0, 0.1) is 0 Å². The summed E-state index contributed by atoms with van der Waals surface area (Å²) in [4.78, 5) is 46.9. The van der Waals surface area contributed by atoms with Gasteiger partial charge in [0.05, 0.1) is 6.61 Å². The first-order valence-electron chi connectivity index (χ1n) is 7.04. The summed E-state index contributed by atoms with van der Waals surface area (Å²) in [6.07, 6.45) is 1.92. The molecular weight excluding hydrogens is 294 g/mol. The van der Waals surface area contributed by atoms with Crippen molar-refractivity contribution in [3.63, 3.8) is 0 Å². The van der Waals surface area contributed by atoms with Gasteiger partial charge in [0.15, 0.2) is 0 Å². The van der Waals surface area contributed by atoms with Crippen LogP contribution in [0.4, 0.5) is 9.59 Å². The third-order valence-electron chi connectivity index (χ3n) is 2.81. The van der Waals surface area contributed by atoms with Gasteiger partial charge in [0.2, 0.25) is 0 Å². The van der Waals surface area contributed by atoms with Crippen LogP contribution in [0.25, 0.3) is 0 Å². The Morgan fingerprint density at radius 2 is 1.68 bits per heavy atom. The Labute approximate surface area is 127 Å². The fourth-order valence-electron chi connectivity index (χ4n) is 1.77. The fraction of sp³-hybridized carbons (Fsp3) is 0.667. The highest BCUT2D eigenvalue weighted by molar-refractivity contribution is 5.86. The maximum absolute atomic E-state index is 11.6. The van der Waals surface area contributed by atoms with E-state index in [-0.39, 0.29) is 25.7 Å². The first-order valence-corrected chi connectivity index (χ1v) is 7.04. The van der Waals surface area contributed by atoms with Gasteiger partial charge in [0, 0.05) is 13.1 Å². The van der Waals surface area contributed by atoms with Crippen LogP contribution >= 0.6 is 0 Å². The molecule has 0 aromatic rings. The van der Waals surface area contributed by atoms with Crippen molar-refractivity contribution in [3.8, 4) is 0 Å². The van der Waals surface area contributed by atoms with Crippen molar-refractivity contribution in [3.05, 3.63) is 0 Å². The second-order valence-electron chi connectivity index (χ2n) is 4.51. The van der Waals surface area contributed by atoms with Gasteiger partial charge in [-0.05, 0) is 19.8 Å². The van der Waals surface area contributed by atoms with Crippen LogP contribution in [-0.4, -0.2) is 61.6 Å². The van der Waals surface area contributed by atoms with E-state index in [0.717, 1.165) is 12.8 Å². The summed E-state index contributed by atoms with van der Waals surface area (Å²) in [6, 6.07) is -1.06. The van der Waals surface area contributed by atoms with E-state index in [2.05, 4.69) is 26.2 Å². The maximum Gasteiger partial charge on any atom is 0.333 e. The lowest BCUT2D eigenvalue weighted by Crippen LogP contribution is -2.51. The number of carbonyl (C=O) groups excluding carboxylic acids is 4. The van der Waals surface area contributed by atoms with Crippen LogP contribution in [0.2, 0.25) is 0 Å². The SMILES string of the molecule is CCOC(=O)CNC(=O)NNC(=O)CNC(=O)N1CCCC1. The maximum atomic E-state index is 11.6. The van der Waals surface area contributed by atoms with E-state index in [4.69, 9.17) is 0 Å². The number of rotatable bonds is 5. The Bertz CT molecular complexity index is 422. The Morgan fingerprint density at radius 3 is 2.32 bits per heavy atom. The second kappa shape index (κ2) is 9.42. The molecule has 22 heavy (non-hydrogen) atoms. The van der Waals surface area contributed by atoms with E-state index in [0.29, 0.717) is 13.1 Å². The fourth-order valence-corrected chi connectivity index (χ4v) is 1.77. The third kappa shape index (κ3) is 6.77. The quantitative estimate of drug-likeness (QED) is 0.370. The first kappa shape index (κ1) is 17.5. The lowest BCUT2D eigenvalue weighted by molar-refractivity contribution is -0.141. The summed E-state index contributed by atoms with van der Waals surface area (Å²) in [5.74, 6) is -1.17. The van der Waals surface area contributed by atoms with Gasteiger partial charge in [-0.25, -0.2) is 15.0 Å². The molecule has 124 valence electrons. The highest BCUT2D eigenvalue weighted by Gasteiger charge is 2.18. The van der Waals surface area contributed by atoms with Crippen molar-refractivity contribution in [2.45, 2.75) is 19.8 Å². The molecule has 1 fully saturated rings. The molecule has 1 aliphatic rings. The zero-order valence-electron chi connectivity index (χ0n) is 12.4. The number of nitrogens with zero attached hydrogens (tertiary/aromatic N) is 1. The van der Waals surface area contributed by atoms with Crippen molar-refractivity contribution in [1.29, 1.82) is 0 Å². The molecule has 1 aliphatic heterocycles. The average Bonchev–Trinajstić information content (AvgIpc) is 3.03. The molecule has 0 aromatic carbocycles. The summed E-state index contributed by atoms with van der Waals surface area (Å²) in [5, 5.41) is 4.64. The predicted octanol–water partition coefficient (Wildman–Crippen LogP) is -1.31. The van der Waals surface area contributed by atoms with Gasteiger partial charge in [-0.1, -0.05) is 0 Å². The molecule has 0 aromatic heterocycles. The van der Waals surface area contributed by atoms with E-state index in [1.165, 1.54) is 0 Å². The van der Waals surface area contributed by atoms with Crippen molar-refractivity contribution in [2.75, 3.05) is 32.8 Å². The van der Waals surface area contributed by atoms with E-state index >= 15 is 0 Å². The van der Waals surface area contributed by atoms with Gasteiger partial charge in [-0.3, -0.25) is 15.0 Å². The number of nitrogens with one attached hydrogen (secondary N) is 4. The van der Waals surface area contributed by atoms with E-state index < -0.39 is 17.9 Å². The Hall–Kier alpha value is -2.52. The second-order valence-corrected chi connectivity index (χ2v) is 4.51. The lowest BCUT2D eigenvalue weighted by Gasteiger charge is -2.16. The number of hydrogen-bond donors (Lipinski definition) is 4. The van der Waals surface area contributed by atoms with Gasteiger partial charge in [0.25, 0.3) is 5.91 Å². The Morgan fingerprint density at radius 1 is 1.00 bits per heavy atom. The number of amides is 5. The number of esters is 1. The summed E-state index contributed by atoms with van der Waals surface area (Å²) in [6.45, 7) is 2.67. The molecule has 4 N–H and O–H groups in total. The average molecular weight is 315 g/mol. The largest absolute Gasteiger partial charge is 0.465 e. The monoisotopic (exact) mass is 315 g/mol. The zero-order valence-corrected chi connectivity index (χ0v) is 12.4. The summed E-state index contributed by atoms with van der Waals surface area (Å²) < 4.78 is 4.61. The molecule has 10 nitrogen and oxygen atoms in total. The number of ether oxygens (including phenoxy) is 1. The summed E-state index contributed by atoms with van der Waals surface area (Å²) in [5.41, 5.74) is 4.15. The van der Waals surface area contributed by atoms with E-state index in [1.54, 1.807) is 11.8 Å². The minimum atomic E-state index is -0.757. The van der Waals surface area contributed by atoms with Crippen LogP contribution in [0.1, 0.15) is 19.8 Å². The molecule has 0 bridgehead atoms. The van der Waals surface area contributed by atoms with Gasteiger partial charge >= 0.3 is 18.0 Å². The summed E-state index contributed by atoms with van der Waals surface area (Å²) >= 11 is 0. The molecule has 0 atom stereocenters. The molecular formula is C12H21N5O5. The molecule has 10 heteroatoms. The Balaban J connectivity index is 2.10. The predicted molar refractivity (Wildman–Crippen MR) is 75.5 cm³/mol. The van der Waals surface area contributed by atoms with Crippen LogP contribution in [0.15, 0.2) is 0 Å². The number of hydrazine groups is 1. The van der Waals surface area contributed by atoms with Crippen LogP contribution in [0.5, 0.6) is 0 Å². The Kier molecular flexibility index (Phi) is 7.51. The van der Waals surface area contributed by atoms with E-state index in [9.17, 15) is 19.2 Å². The van der Waals surface area contributed by atoms with Gasteiger partial charge < -0.3 is 20.3 Å². The highest BCUT2D eigenvalue weighted by Crippen LogP contribution is 2.06. The van der Waals surface area contributed by atoms with Crippen molar-refractivity contribution < 1.29 is 23.9 Å². The molecule has 0 radical (unpaired) electrons. The molecule has 1 heterocycles. The summed E-state index contributed by atoms with van der Waals surface area (Å²) in [7, 11) is 0. The van der Waals surface area contributed by atoms with Gasteiger partial charge in [-0.15, -0.1) is 0 Å².